The molecule has 3 aromatic heterocycles. The predicted octanol–water partition coefficient (Wildman–Crippen LogP) is 2.34. The second-order valence-corrected chi connectivity index (χ2v) is 8.22. The number of carbonyl (C=O) groups is 1. The summed E-state index contributed by atoms with van der Waals surface area (Å²) in [7, 11) is 3.27. The first-order valence-electron chi connectivity index (χ1n) is 9.55. The quantitative estimate of drug-likeness (QED) is 0.334. The van der Waals surface area contributed by atoms with Crippen LogP contribution in [0.5, 0.6) is 0 Å². The van der Waals surface area contributed by atoms with E-state index in [4.69, 9.17) is 0 Å². The Kier molecular flexibility index (Phi) is 6.07. The highest BCUT2D eigenvalue weighted by atomic mass is 32.2. The van der Waals surface area contributed by atoms with E-state index in [1.54, 1.807) is 10.6 Å². The number of hydrogen-bond acceptors (Lipinski definition) is 6. The Morgan fingerprint density at radius 1 is 1.21 bits per heavy atom. The van der Waals surface area contributed by atoms with Gasteiger partial charge >= 0.3 is 5.69 Å². The van der Waals surface area contributed by atoms with E-state index in [0.29, 0.717) is 28.7 Å². The first kappa shape index (κ1) is 21.0. The fourth-order valence-electron chi connectivity index (χ4n) is 3.10. The van der Waals surface area contributed by atoms with Crippen LogP contribution in [0.3, 0.4) is 0 Å². The van der Waals surface area contributed by atoms with Crippen molar-refractivity contribution in [2.75, 3.05) is 5.75 Å². The molecular weight excluding hydrogens is 390 g/mol. The molecule has 0 N–H and O–H groups in total. The Hall–Kier alpha value is -2.68. The first-order valence-corrected chi connectivity index (χ1v) is 10.5. The van der Waals surface area contributed by atoms with Crippen molar-refractivity contribution in [2.24, 2.45) is 14.1 Å². The van der Waals surface area contributed by atoms with Crippen molar-refractivity contribution in [3.05, 3.63) is 50.7 Å². The molecule has 0 aliphatic heterocycles. The minimum absolute atomic E-state index is 0.0107. The summed E-state index contributed by atoms with van der Waals surface area (Å²) < 4.78 is 4.37. The molecule has 3 rings (SSSR count). The van der Waals surface area contributed by atoms with Gasteiger partial charge in [-0.3, -0.25) is 18.7 Å². The summed E-state index contributed by atoms with van der Waals surface area (Å²) in [5.41, 5.74) is 0.0956. The van der Waals surface area contributed by atoms with Gasteiger partial charge in [0.2, 0.25) is 0 Å². The first-order chi connectivity index (χ1) is 13.8. The van der Waals surface area contributed by atoms with E-state index in [2.05, 4.69) is 9.97 Å². The number of hydrogen-bond donors (Lipinski definition) is 0. The molecule has 8 nitrogen and oxygen atoms in total. The van der Waals surface area contributed by atoms with Crippen LogP contribution in [0.25, 0.3) is 11.0 Å². The maximum Gasteiger partial charge on any atom is 0.332 e. The van der Waals surface area contributed by atoms with Crippen molar-refractivity contribution < 1.29 is 4.79 Å². The third kappa shape index (κ3) is 3.91. The molecule has 0 unspecified atom stereocenters. The smallest absolute Gasteiger partial charge is 0.332 e. The Bertz CT molecular complexity index is 1190. The molecule has 0 atom stereocenters. The standard InChI is InChI=1S/C20H25N5O3S/c1-6-9-25-17-15(19(27)24(5)20(25)28)18(22-16(21-17)12(2)3)29-11-14(26)13-8-7-10-23(13)4/h7-8,10,12H,6,9,11H2,1-5H3. The number of thioether (sulfide) groups is 1. The molecule has 0 aliphatic carbocycles. The summed E-state index contributed by atoms with van der Waals surface area (Å²) in [4.78, 5) is 47.3. The van der Waals surface area contributed by atoms with Crippen molar-refractivity contribution in [3.8, 4) is 0 Å². The number of rotatable bonds is 7. The third-order valence-electron chi connectivity index (χ3n) is 4.70. The summed E-state index contributed by atoms with van der Waals surface area (Å²) in [6.07, 6.45) is 2.54. The molecule has 0 bridgehead atoms. The van der Waals surface area contributed by atoms with Crippen LogP contribution in [0, 0.1) is 0 Å². The molecule has 0 saturated heterocycles. The molecule has 0 aliphatic rings. The van der Waals surface area contributed by atoms with Gasteiger partial charge in [0.25, 0.3) is 5.56 Å². The lowest BCUT2D eigenvalue weighted by molar-refractivity contribution is 0.101. The highest BCUT2D eigenvalue weighted by Crippen LogP contribution is 2.25. The van der Waals surface area contributed by atoms with Crippen molar-refractivity contribution in [3.63, 3.8) is 0 Å². The van der Waals surface area contributed by atoms with Gasteiger partial charge in [-0.05, 0) is 18.6 Å². The van der Waals surface area contributed by atoms with Gasteiger partial charge in [-0.25, -0.2) is 14.8 Å². The van der Waals surface area contributed by atoms with Gasteiger partial charge in [-0.2, -0.15) is 0 Å². The number of Topliss-reactive ketones (excluding diaryl/α,β-unsaturated/α-hetero) is 1. The minimum Gasteiger partial charge on any atom is -0.348 e. The fraction of sp³-hybridized carbons (Fsp3) is 0.450. The maximum absolute atomic E-state index is 12.9. The number of fused-ring (bicyclic) bond motifs is 1. The summed E-state index contributed by atoms with van der Waals surface area (Å²) >= 11 is 1.21. The van der Waals surface area contributed by atoms with Gasteiger partial charge in [-0.15, -0.1) is 0 Å². The molecule has 0 amide bonds. The van der Waals surface area contributed by atoms with E-state index in [1.165, 1.54) is 23.4 Å². The van der Waals surface area contributed by atoms with Crippen LogP contribution in [0.1, 0.15) is 49.4 Å². The van der Waals surface area contributed by atoms with Gasteiger partial charge in [0.1, 0.15) is 16.2 Å². The summed E-state index contributed by atoms with van der Waals surface area (Å²) in [5.74, 6) is 0.636. The lowest BCUT2D eigenvalue weighted by atomic mass is 10.2. The van der Waals surface area contributed by atoms with Crippen LogP contribution in [0.2, 0.25) is 0 Å². The van der Waals surface area contributed by atoms with Crippen molar-refractivity contribution >= 4 is 28.6 Å². The van der Waals surface area contributed by atoms with E-state index >= 15 is 0 Å². The topological polar surface area (TPSA) is 91.8 Å². The van der Waals surface area contributed by atoms with E-state index in [0.717, 1.165) is 11.0 Å². The van der Waals surface area contributed by atoms with E-state index in [1.807, 2.05) is 40.1 Å². The van der Waals surface area contributed by atoms with Crippen LogP contribution in [-0.2, 0) is 20.6 Å². The zero-order valence-electron chi connectivity index (χ0n) is 17.3. The lowest BCUT2D eigenvalue weighted by Crippen LogP contribution is -2.39. The molecule has 0 radical (unpaired) electrons. The van der Waals surface area contributed by atoms with Crippen LogP contribution in [0.4, 0.5) is 0 Å². The van der Waals surface area contributed by atoms with Gasteiger partial charge in [-0.1, -0.05) is 32.5 Å². The van der Waals surface area contributed by atoms with Crippen molar-refractivity contribution in [1.82, 2.24) is 23.7 Å². The average Bonchev–Trinajstić information content (AvgIpc) is 3.12. The van der Waals surface area contributed by atoms with Crippen LogP contribution in [-0.4, -0.2) is 35.2 Å². The second-order valence-electron chi connectivity index (χ2n) is 7.25. The summed E-state index contributed by atoms with van der Waals surface area (Å²) in [6.45, 7) is 6.31. The van der Waals surface area contributed by atoms with Gasteiger partial charge in [0, 0.05) is 32.8 Å². The molecule has 9 heteroatoms. The van der Waals surface area contributed by atoms with Gasteiger partial charge in [0.15, 0.2) is 11.4 Å². The second kappa shape index (κ2) is 8.36. The average molecular weight is 416 g/mol. The highest BCUT2D eigenvalue weighted by molar-refractivity contribution is 8.00. The molecule has 0 saturated carbocycles. The van der Waals surface area contributed by atoms with E-state index in [-0.39, 0.29) is 22.8 Å². The van der Waals surface area contributed by atoms with Crippen LogP contribution >= 0.6 is 11.8 Å². The molecule has 3 heterocycles. The number of aromatic nitrogens is 5. The number of ketones is 1. The largest absolute Gasteiger partial charge is 0.348 e. The molecule has 0 fully saturated rings. The Morgan fingerprint density at radius 2 is 1.93 bits per heavy atom. The lowest BCUT2D eigenvalue weighted by Gasteiger charge is -2.15. The van der Waals surface area contributed by atoms with E-state index in [9.17, 15) is 14.4 Å². The maximum atomic E-state index is 12.9. The molecule has 29 heavy (non-hydrogen) atoms. The zero-order chi connectivity index (χ0) is 21.3. The fourth-order valence-corrected chi connectivity index (χ4v) is 4.00. The number of aryl methyl sites for hydroxylation is 2. The van der Waals surface area contributed by atoms with Crippen molar-refractivity contribution in [1.29, 1.82) is 0 Å². The van der Waals surface area contributed by atoms with Crippen LogP contribution in [0.15, 0.2) is 32.9 Å². The molecule has 0 spiro atoms. The summed E-state index contributed by atoms with van der Waals surface area (Å²) in [6, 6.07) is 3.58. The predicted molar refractivity (Wildman–Crippen MR) is 114 cm³/mol. The van der Waals surface area contributed by atoms with Crippen molar-refractivity contribution in [2.45, 2.75) is 44.7 Å². The number of carbonyl (C=O) groups excluding carboxylic acids is 1. The van der Waals surface area contributed by atoms with Gasteiger partial charge < -0.3 is 4.57 Å². The van der Waals surface area contributed by atoms with Gasteiger partial charge in [0.05, 0.1) is 11.4 Å². The highest BCUT2D eigenvalue weighted by Gasteiger charge is 2.21. The molecule has 154 valence electrons. The van der Waals surface area contributed by atoms with Crippen LogP contribution < -0.4 is 11.2 Å². The normalized spacial score (nSPS) is 11.5. The SMILES string of the molecule is CCCn1c(=O)n(C)c(=O)c2c(SCC(=O)c3cccn3C)nc(C(C)C)nc21. The zero-order valence-corrected chi connectivity index (χ0v) is 18.1. The molecule has 0 aromatic carbocycles. The minimum atomic E-state index is -0.443. The molecular formula is C20H25N5O3S. The summed E-state index contributed by atoms with van der Waals surface area (Å²) in [5, 5.41) is 0.723. The number of nitrogens with zero attached hydrogens (tertiary/aromatic N) is 5. The Morgan fingerprint density at radius 3 is 2.52 bits per heavy atom. The van der Waals surface area contributed by atoms with E-state index < -0.39 is 11.2 Å². The Labute approximate surface area is 172 Å². The molecule has 3 aromatic rings. The third-order valence-corrected chi connectivity index (χ3v) is 5.67. The Balaban J connectivity index is 2.17. The monoisotopic (exact) mass is 415 g/mol.